The van der Waals surface area contributed by atoms with E-state index < -0.39 is 13.0 Å². The second kappa shape index (κ2) is 12.0. The summed E-state index contributed by atoms with van der Waals surface area (Å²) < 4.78 is 24.4. The Kier molecular flexibility index (Phi) is 11.3. The van der Waals surface area contributed by atoms with E-state index >= 15 is 0 Å². The molecule has 0 unspecified atom stereocenters. The first-order valence-corrected chi connectivity index (χ1v) is 7.18. The van der Waals surface area contributed by atoms with Crippen LogP contribution >= 0.6 is 24.0 Å². The average molecular weight is 440 g/mol. The summed E-state index contributed by atoms with van der Waals surface area (Å²) in [7, 11) is 1.58. The SMILES string of the molecule is CCNC(=NCC(F)F)NCCc1cccc(C(=O)NC)c1.I. The molecule has 1 aromatic carbocycles. The van der Waals surface area contributed by atoms with Gasteiger partial charge in [-0.3, -0.25) is 4.79 Å². The van der Waals surface area contributed by atoms with E-state index in [2.05, 4.69) is 20.9 Å². The third kappa shape index (κ3) is 8.68. The van der Waals surface area contributed by atoms with Gasteiger partial charge in [0, 0.05) is 25.7 Å². The van der Waals surface area contributed by atoms with Crippen LogP contribution in [-0.2, 0) is 6.42 Å². The van der Waals surface area contributed by atoms with Crippen LogP contribution in [0.5, 0.6) is 0 Å². The van der Waals surface area contributed by atoms with Crippen molar-refractivity contribution >= 4 is 35.8 Å². The molecule has 5 nitrogen and oxygen atoms in total. The summed E-state index contributed by atoms with van der Waals surface area (Å²) in [5.74, 6) is 0.229. The molecule has 0 spiro atoms. The Labute approximate surface area is 152 Å². The molecule has 1 aromatic rings. The molecule has 0 aliphatic rings. The molecule has 0 heterocycles. The number of alkyl halides is 2. The van der Waals surface area contributed by atoms with Crippen LogP contribution in [-0.4, -0.2) is 45.0 Å². The molecule has 0 aliphatic carbocycles. The van der Waals surface area contributed by atoms with Gasteiger partial charge in [0.2, 0.25) is 0 Å². The molecule has 0 radical (unpaired) electrons. The fourth-order valence-corrected chi connectivity index (χ4v) is 1.84. The quantitative estimate of drug-likeness (QED) is 0.346. The largest absolute Gasteiger partial charge is 0.357 e. The topological polar surface area (TPSA) is 65.5 Å². The lowest BCUT2D eigenvalue weighted by Gasteiger charge is -2.11. The number of halogens is 3. The number of guanidine groups is 1. The summed E-state index contributed by atoms with van der Waals surface area (Å²) >= 11 is 0. The highest BCUT2D eigenvalue weighted by atomic mass is 127. The van der Waals surface area contributed by atoms with Crippen molar-refractivity contribution in [3.8, 4) is 0 Å². The molecule has 1 amide bonds. The molecule has 0 saturated heterocycles. The molecule has 0 aliphatic heterocycles. The normalized spacial score (nSPS) is 10.9. The van der Waals surface area contributed by atoms with E-state index in [9.17, 15) is 13.6 Å². The van der Waals surface area contributed by atoms with Crippen molar-refractivity contribution in [2.75, 3.05) is 26.7 Å². The summed E-state index contributed by atoms with van der Waals surface area (Å²) in [6.45, 7) is 2.47. The number of amides is 1. The minimum Gasteiger partial charge on any atom is -0.357 e. The lowest BCUT2D eigenvalue weighted by Crippen LogP contribution is -2.38. The first-order chi connectivity index (χ1) is 10.6. The average Bonchev–Trinajstić information content (AvgIpc) is 2.52. The third-order valence-corrected chi connectivity index (χ3v) is 2.85. The molecule has 0 fully saturated rings. The number of rotatable bonds is 7. The number of hydrogen-bond acceptors (Lipinski definition) is 2. The van der Waals surface area contributed by atoms with Gasteiger partial charge in [0.25, 0.3) is 12.3 Å². The summed E-state index contributed by atoms with van der Waals surface area (Å²) in [4.78, 5) is 15.3. The summed E-state index contributed by atoms with van der Waals surface area (Å²) in [5.41, 5.74) is 1.58. The van der Waals surface area contributed by atoms with Crippen LogP contribution in [0.3, 0.4) is 0 Å². The van der Waals surface area contributed by atoms with Gasteiger partial charge in [0.1, 0.15) is 6.54 Å². The molecule has 8 heteroatoms. The fourth-order valence-electron chi connectivity index (χ4n) is 1.84. The molecule has 0 atom stereocenters. The van der Waals surface area contributed by atoms with Gasteiger partial charge >= 0.3 is 0 Å². The highest BCUT2D eigenvalue weighted by molar-refractivity contribution is 14.0. The first kappa shape index (κ1) is 21.6. The van der Waals surface area contributed by atoms with Crippen LogP contribution in [0.2, 0.25) is 0 Å². The Morgan fingerprint density at radius 3 is 2.65 bits per heavy atom. The number of hydrogen-bond donors (Lipinski definition) is 3. The molecule has 1 rings (SSSR count). The van der Waals surface area contributed by atoms with Crippen molar-refractivity contribution < 1.29 is 13.6 Å². The fraction of sp³-hybridized carbons (Fsp3) is 0.467. The van der Waals surface area contributed by atoms with Crippen LogP contribution in [0.4, 0.5) is 8.78 Å². The summed E-state index contributed by atoms with van der Waals surface area (Å²) in [5, 5.41) is 8.47. The standard InChI is InChI=1S/C15H22F2N4O.HI/c1-3-19-15(21-10-13(16)17)20-8-7-11-5-4-6-12(9-11)14(22)18-2;/h4-6,9,13H,3,7-8,10H2,1-2H3,(H,18,22)(H2,19,20,21);1H. The van der Waals surface area contributed by atoms with Crippen molar-refractivity contribution in [2.45, 2.75) is 19.8 Å². The molecule has 0 aromatic heterocycles. The molecular weight excluding hydrogens is 417 g/mol. The monoisotopic (exact) mass is 440 g/mol. The number of benzene rings is 1. The molecule has 130 valence electrons. The van der Waals surface area contributed by atoms with Gasteiger partial charge in [-0.25, -0.2) is 13.8 Å². The zero-order chi connectivity index (χ0) is 16.4. The van der Waals surface area contributed by atoms with Gasteiger partial charge in [0.05, 0.1) is 0 Å². The maximum atomic E-state index is 12.2. The van der Waals surface area contributed by atoms with E-state index in [0.717, 1.165) is 5.56 Å². The lowest BCUT2D eigenvalue weighted by molar-refractivity contribution is 0.0963. The zero-order valence-corrected chi connectivity index (χ0v) is 15.6. The Hall–Kier alpha value is -1.45. The Morgan fingerprint density at radius 1 is 1.30 bits per heavy atom. The van der Waals surface area contributed by atoms with Gasteiger partial charge in [-0.1, -0.05) is 12.1 Å². The van der Waals surface area contributed by atoms with E-state index in [1.807, 2.05) is 25.1 Å². The van der Waals surface area contributed by atoms with Crippen molar-refractivity contribution in [1.29, 1.82) is 0 Å². The number of nitrogens with one attached hydrogen (secondary N) is 3. The van der Waals surface area contributed by atoms with Crippen LogP contribution in [0.1, 0.15) is 22.8 Å². The zero-order valence-electron chi connectivity index (χ0n) is 13.2. The summed E-state index contributed by atoms with van der Waals surface area (Å²) in [6, 6.07) is 7.28. The van der Waals surface area contributed by atoms with Crippen molar-refractivity contribution in [3.05, 3.63) is 35.4 Å². The second-order valence-electron chi connectivity index (χ2n) is 4.57. The predicted molar refractivity (Wildman–Crippen MR) is 98.9 cm³/mol. The van der Waals surface area contributed by atoms with Gasteiger partial charge in [0.15, 0.2) is 5.96 Å². The third-order valence-electron chi connectivity index (χ3n) is 2.85. The van der Waals surface area contributed by atoms with Crippen LogP contribution in [0, 0.1) is 0 Å². The number of aliphatic imine (C=N–C) groups is 1. The minimum absolute atomic E-state index is 0. The molecule has 23 heavy (non-hydrogen) atoms. The van der Waals surface area contributed by atoms with E-state index in [1.165, 1.54) is 0 Å². The smallest absolute Gasteiger partial charge is 0.257 e. The van der Waals surface area contributed by atoms with E-state index in [0.29, 0.717) is 31.0 Å². The van der Waals surface area contributed by atoms with Gasteiger partial charge < -0.3 is 16.0 Å². The minimum atomic E-state index is -2.46. The first-order valence-electron chi connectivity index (χ1n) is 7.18. The van der Waals surface area contributed by atoms with E-state index in [1.54, 1.807) is 13.1 Å². The van der Waals surface area contributed by atoms with Crippen LogP contribution in [0.15, 0.2) is 29.3 Å². The lowest BCUT2D eigenvalue weighted by atomic mass is 10.1. The molecular formula is C15H23F2IN4O. The van der Waals surface area contributed by atoms with Crippen LogP contribution < -0.4 is 16.0 Å². The second-order valence-corrected chi connectivity index (χ2v) is 4.57. The van der Waals surface area contributed by atoms with Crippen molar-refractivity contribution in [3.63, 3.8) is 0 Å². The highest BCUT2D eigenvalue weighted by Gasteiger charge is 2.05. The van der Waals surface area contributed by atoms with E-state index in [-0.39, 0.29) is 29.9 Å². The molecule has 0 bridgehead atoms. The number of carbonyl (C=O) groups is 1. The maximum absolute atomic E-state index is 12.2. The van der Waals surface area contributed by atoms with Gasteiger partial charge in [-0.2, -0.15) is 0 Å². The Morgan fingerprint density at radius 2 is 2.04 bits per heavy atom. The van der Waals surface area contributed by atoms with Crippen molar-refractivity contribution in [2.24, 2.45) is 4.99 Å². The Balaban J connectivity index is 0.00000484. The highest BCUT2D eigenvalue weighted by Crippen LogP contribution is 2.05. The number of carbonyl (C=O) groups excluding carboxylic acids is 1. The predicted octanol–water partition coefficient (Wildman–Crippen LogP) is 2.03. The molecule has 3 N–H and O–H groups in total. The van der Waals surface area contributed by atoms with E-state index in [4.69, 9.17) is 0 Å². The molecule has 0 saturated carbocycles. The van der Waals surface area contributed by atoms with Crippen molar-refractivity contribution in [1.82, 2.24) is 16.0 Å². The maximum Gasteiger partial charge on any atom is 0.257 e. The summed E-state index contributed by atoms with van der Waals surface area (Å²) in [6.07, 6.45) is -1.80. The Bertz CT molecular complexity index is 512. The van der Waals surface area contributed by atoms with Gasteiger partial charge in [-0.05, 0) is 31.0 Å². The number of nitrogens with zero attached hydrogens (tertiary/aromatic N) is 1. The van der Waals surface area contributed by atoms with Crippen LogP contribution in [0.25, 0.3) is 0 Å². The van der Waals surface area contributed by atoms with Gasteiger partial charge in [-0.15, -0.1) is 24.0 Å².